The third-order valence-electron chi connectivity index (χ3n) is 11.6. The second kappa shape index (κ2) is 8.33. The van der Waals surface area contributed by atoms with E-state index >= 15 is 0 Å². The second-order valence-electron chi connectivity index (χ2n) is 13.3. The highest BCUT2D eigenvalue weighted by Gasteiger charge is 2.73. The van der Waals surface area contributed by atoms with Crippen molar-refractivity contribution in [2.45, 2.75) is 90.1 Å². The zero-order valence-corrected chi connectivity index (χ0v) is 23.2. The van der Waals surface area contributed by atoms with Gasteiger partial charge in [0.05, 0.1) is 39.8 Å². The van der Waals surface area contributed by atoms with Gasteiger partial charge in [-0.15, -0.1) is 0 Å². The number of nitrogens with one attached hydrogen (secondary N) is 1. The summed E-state index contributed by atoms with van der Waals surface area (Å²) in [6.45, 7) is 10.8. The van der Waals surface area contributed by atoms with Crippen molar-refractivity contribution in [3.8, 4) is 0 Å². The summed E-state index contributed by atoms with van der Waals surface area (Å²) in [6, 6.07) is 9.94. The summed E-state index contributed by atoms with van der Waals surface area (Å²) in [5.41, 5.74) is -0.391. The SMILES string of the molecule is CC1NC(=O)C2C(=S=O)C(O)C3CC4(C)C(C)CCC5C(C)(C)C(=O)C(c6ccccc6)CC54OC3C12. The second-order valence-corrected chi connectivity index (χ2v) is 14.0. The molecule has 6 nitrogen and oxygen atoms in total. The summed E-state index contributed by atoms with van der Waals surface area (Å²) in [5, 5.41) is 14.5. The van der Waals surface area contributed by atoms with Crippen molar-refractivity contribution in [1.29, 1.82) is 0 Å². The van der Waals surface area contributed by atoms with Crippen molar-refractivity contribution in [1.82, 2.24) is 5.32 Å². The fraction of sp³-hybridized carbons (Fsp3) is 0.700. The number of rotatable bonds is 1. The highest BCUT2D eigenvalue weighted by atomic mass is 32.1. The molecule has 3 saturated carbocycles. The summed E-state index contributed by atoms with van der Waals surface area (Å²) >= 11 is 0.295. The minimum Gasteiger partial charge on any atom is -0.387 e. The monoisotopic (exact) mass is 525 g/mol. The minimum absolute atomic E-state index is 0.0461. The molecule has 5 aliphatic rings. The number of Topliss-reactive ketones (excluding diaryl/α,β-unsaturated/α-hetero) is 1. The van der Waals surface area contributed by atoms with Gasteiger partial charge in [-0.1, -0.05) is 58.0 Å². The molecule has 200 valence electrons. The van der Waals surface area contributed by atoms with Crippen LogP contribution in [0.3, 0.4) is 0 Å². The van der Waals surface area contributed by atoms with Gasteiger partial charge in [-0.05, 0) is 49.5 Å². The van der Waals surface area contributed by atoms with Gasteiger partial charge in [0.2, 0.25) is 5.91 Å². The average molecular weight is 526 g/mol. The number of ether oxygens (including phenoxy) is 1. The van der Waals surface area contributed by atoms with E-state index in [1.54, 1.807) is 0 Å². The van der Waals surface area contributed by atoms with Gasteiger partial charge in [0.1, 0.15) is 5.78 Å². The fourth-order valence-electron chi connectivity index (χ4n) is 9.47. The van der Waals surface area contributed by atoms with Gasteiger partial charge in [-0.3, -0.25) is 9.59 Å². The lowest BCUT2D eigenvalue weighted by atomic mass is 9.41. The number of benzene rings is 1. The van der Waals surface area contributed by atoms with Gasteiger partial charge >= 0.3 is 0 Å². The zero-order valence-electron chi connectivity index (χ0n) is 22.4. The molecule has 11 atom stereocenters. The zero-order chi connectivity index (χ0) is 26.5. The van der Waals surface area contributed by atoms with Crippen molar-refractivity contribution < 1.29 is 23.6 Å². The Hall–Kier alpha value is -1.83. The highest BCUT2D eigenvalue weighted by Crippen LogP contribution is 2.69. The van der Waals surface area contributed by atoms with Crippen molar-refractivity contribution in [2.24, 2.45) is 40.4 Å². The molecule has 2 N–H and O–H groups in total. The van der Waals surface area contributed by atoms with Gasteiger partial charge in [0.25, 0.3) is 0 Å². The maximum absolute atomic E-state index is 14.1. The van der Waals surface area contributed by atoms with E-state index in [2.05, 4.69) is 45.1 Å². The standard InChI is InChI=1S/C30H39NO5S/c1-15-11-12-20-28(3,4)26(33)18(17-9-7-6-8-10-17)14-30(20)29(15,5)13-19-23(32)25(37-35)22-21(24(19)36-30)16(2)31-27(22)34/h6-10,15-16,18-24,32H,11-14H2,1-5H3,(H,31,34). The van der Waals surface area contributed by atoms with Gasteiger partial charge in [0.15, 0.2) is 0 Å². The van der Waals surface area contributed by atoms with Gasteiger partial charge in [-0.2, -0.15) is 0 Å². The Bertz CT molecular complexity index is 1190. The van der Waals surface area contributed by atoms with Crippen molar-refractivity contribution in [3.63, 3.8) is 0 Å². The summed E-state index contributed by atoms with van der Waals surface area (Å²) in [4.78, 5) is 27.4. The van der Waals surface area contributed by atoms with Gasteiger partial charge in [-0.25, -0.2) is 4.21 Å². The maximum atomic E-state index is 14.1. The van der Waals surface area contributed by atoms with E-state index in [9.17, 15) is 18.9 Å². The first kappa shape index (κ1) is 25.4. The van der Waals surface area contributed by atoms with E-state index in [-0.39, 0.29) is 52.9 Å². The number of hydrogen-bond donors (Lipinski definition) is 2. The first-order valence-electron chi connectivity index (χ1n) is 13.9. The first-order valence-corrected chi connectivity index (χ1v) is 14.6. The van der Waals surface area contributed by atoms with Crippen LogP contribution in [0.2, 0.25) is 0 Å². The van der Waals surface area contributed by atoms with Crippen LogP contribution in [-0.2, 0) is 25.6 Å². The van der Waals surface area contributed by atoms with Crippen molar-refractivity contribution >= 4 is 27.8 Å². The Morgan fingerprint density at radius 2 is 1.76 bits per heavy atom. The van der Waals surface area contributed by atoms with E-state index < -0.39 is 23.0 Å². The Morgan fingerprint density at radius 1 is 1.05 bits per heavy atom. The minimum atomic E-state index is -0.977. The molecule has 2 saturated heterocycles. The molecule has 1 spiro atoms. The number of carbonyl (C=O) groups is 2. The van der Waals surface area contributed by atoms with Gasteiger partial charge < -0.3 is 15.2 Å². The third kappa shape index (κ3) is 3.20. The van der Waals surface area contributed by atoms with Crippen LogP contribution in [-0.4, -0.2) is 49.7 Å². The van der Waals surface area contributed by atoms with Crippen LogP contribution in [0.5, 0.6) is 0 Å². The fourth-order valence-corrected chi connectivity index (χ4v) is 10.1. The van der Waals surface area contributed by atoms with Crippen LogP contribution >= 0.6 is 0 Å². The number of ketones is 1. The van der Waals surface area contributed by atoms with E-state index in [1.807, 2.05) is 25.1 Å². The molecule has 11 unspecified atom stereocenters. The van der Waals surface area contributed by atoms with Gasteiger partial charge in [0, 0.05) is 35.1 Å². The van der Waals surface area contributed by atoms with Crippen LogP contribution in [0, 0.1) is 40.4 Å². The topological polar surface area (TPSA) is 92.7 Å². The van der Waals surface area contributed by atoms with E-state index in [0.717, 1.165) is 24.8 Å². The molecular weight excluding hydrogens is 486 g/mol. The summed E-state index contributed by atoms with van der Waals surface area (Å²) in [5.74, 6) is -0.884. The predicted octanol–water partition coefficient (Wildman–Crippen LogP) is 3.48. The molecule has 5 fully saturated rings. The molecule has 0 aromatic heterocycles. The summed E-state index contributed by atoms with van der Waals surface area (Å²) in [7, 11) is 0. The number of aliphatic hydroxyl groups excluding tert-OH is 1. The summed E-state index contributed by atoms with van der Waals surface area (Å²) in [6.07, 6.45) is 1.93. The molecule has 1 aromatic carbocycles. The molecule has 1 amide bonds. The van der Waals surface area contributed by atoms with E-state index in [0.29, 0.717) is 28.5 Å². The molecule has 6 rings (SSSR count). The molecule has 37 heavy (non-hydrogen) atoms. The Balaban J connectivity index is 1.52. The van der Waals surface area contributed by atoms with E-state index in [1.165, 1.54) is 0 Å². The van der Waals surface area contributed by atoms with Crippen LogP contribution in [0.4, 0.5) is 0 Å². The smallest absolute Gasteiger partial charge is 0.228 e. The Labute approximate surface area is 223 Å². The lowest BCUT2D eigenvalue weighted by molar-refractivity contribution is -0.317. The lowest BCUT2D eigenvalue weighted by Crippen LogP contribution is -2.74. The average Bonchev–Trinajstić information content (AvgIpc) is 3.16. The molecule has 7 heteroatoms. The summed E-state index contributed by atoms with van der Waals surface area (Å²) < 4.78 is 19.7. The predicted molar refractivity (Wildman–Crippen MR) is 142 cm³/mol. The number of amides is 1. The van der Waals surface area contributed by atoms with Crippen LogP contribution < -0.4 is 5.32 Å². The first-order chi connectivity index (χ1) is 17.5. The quantitative estimate of drug-likeness (QED) is 0.548. The largest absolute Gasteiger partial charge is 0.387 e. The lowest BCUT2D eigenvalue weighted by Gasteiger charge is -2.70. The van der Waals surface area contributed by atoms with Crippen LogP contribution in [0.1, 0.15) is 71.8 Å². The molecule has 3 aliphatic carbocycles. The molecule has 0 radical (unpaired) electrons. The normalized spacial score (nSPS) is 48.3. The molecule has 2 heterocycles. The number of fused-ring (bicyclic) bond motifs is 3. The van der Waals surface area contributed by atoms with E-state index in [4.69, 9.17) is 4.74 Å². The molecule has 0 bridgehead atoms. The molecule has 2 aliphatic heterocycles. The number of carbonyl (C=O) groups excluding carboxylic acids is 2. The molecule has 1 aromatic rings. The number of aliphatic hydroxyl groups is 1. The van der Waals surface area contributed by atoms with Crippen molar-refractivity contribution in [2.75, 3.05) is 0 Å². The Morgan fingerprint density at radius 3 is 2.43 bits per heavy atom. The third-order valence-corrected chi connectivity index (χ3v) is 12.2. The van der Waals surface area contributed by atoms with Crippen LogP contribution in [0.15, 0.2) is 30.3 Å². The Kier molecular flexibility index (Phi) is 5.73. The number of hydrogen-bond acceptors (Lipinski definition) is 5. The highest BCUT2D eigenvalue weighted by molar-refractivity contribution is 7.66. The molecular formula is C30H39NO5S. The van der Waals surface area contributed by atoms with Crippen molar-refractivity contribution in [3.05, 3.63) is 35.9 Å². The van der Waals surface area contributed by atoms with Crippen LogP contribution in [0.25, 0.3) is 0 Å². The maximum Gasteiger partial charge on any atom is 0.228 e.